The number of nitrogens with two attached hydrogens (primary N) is 1. The number of hydrogen-bond donors (Lipinski definition) is 2. The first-order chi connectivity index (χ1) is 8.83. The van der Waals surface area contributed by atoms with Crippen LogP contribution in [0.2, 0.25) is 0 Å². The molecule has 0 spiro atoms. The summed E-state index contributed by atoms with van der Waals surface area (Å²) in [5.74, 6) is 0. The van der Waals surface area contributed by atoms with Gasteiger partial charge in [0.15, 0.2) is 0 Å². The zero-order valence-corrected chi connectivity index (χ0v) is 11.1. The highest BCUT2D eigenvalue weighted by molar-refractivity contribution is 5.63. The van der Waals surface area contributed by atoms with E-state index in [1.807, 2.05) is 50.2 Å². The van der Waals surface area contributed by atoms with Gasteiger partial charge in [0, 0.05) is 6.54 Å². The summed E-state index contributed by atoms with van der Waals surface area (Å²) in [6.07, 6.45) is 0. The molecule has 0 aromatic heterocycles. The Morgan fingerprint density at radius 3 is 1.50 bits per heavy atom. The molecule has 2 aromatic carbocycles. The van der Waals surface area contributed by atoms with E-state index in [9.17, 15) is 0 Å². The molecule has 96 valence electrons. The SMILES string of the molecule is CC.NCc1ccc(-c2ccc(CO)cc2)cc1. The summed E-state index contributed by atoms with van der Waals surface area (Å²) in [4.78, 5) is 0. The third-order valence-corrected chi connectivity index (χ3v) is 2.66. The second kappa shape index (κ2) is 7.64. The van der Waals surface area contributed by atoms with Crippen molar-refractivity contribution in [3.8, 4) is 11.1 Å². The van der Waals surface area contributed by atoms with Gasteiger partial charge in [-0.25, -0.2) is 0 Å². The van der Waals surface area contributed by atoms with Crippen LogP contribution in [0.25, 0.3) is 11.1 Å². The van der Waals surface area contributed by atoms with E-state index in [1.54, 1.807) is 0 Å². The van der Waals surface area contributed by atoms with Crippen LogP contribution in [-0.4, -0.2) is 5.11 Å². The first-order valence-corrected chi connectivity index (χ1v) is 6.32. The van der Waals surface area contributed by atoms with Gasteiger partial charge in [0.05, 0.1) is 6.61 Å². The van der Waals surface area contributed by atoms with Crippen LogP contribution in [0.4, 0.5) is 0 Å². The maximum absolute atomic E-state index is 8.95. The van der Waals surface area contributed by atoms with Gasteiger partial charge in [0.25, 0.3) is 0 Å². The number of hydrogen-bond acceptors (Lipinski definition) is 2. The Morgan fingerprint density at radius 1 is 0.778 bits per heavy atom. The van der Waals surface area contributed by atoms with Crippen molar-refractivity contribution in [1.29, 1.82) is 0 Å². The van der Waals surface area contributed by atoms with Crippen LogP contribution in [0.15, 0.2) is 48.5 Å². The average Bonchev–Trinajstić information content (AvgIpc) is 2.49. The molecule has 0 fully saturated rings. The van der Waals surface area contributed by atoms with Crippen molar-refractivity contribution < 1.29 is 5.11 Å². The molecular formula is C16H21NO. The van der Waals surface area contributed by atoms with Crippen molar-refractivity contribution in [3.05, 3.63) is 59.7 Å². The van der Waals surface area contributed by atoms with E-state index in [0.29, 0.717) is 6.54 Å². The largest absolute Gasteiger partial charge is 0.392 e. The summed E-state index contributed by atoms with van der Waals surface area (Å²) in [6.45, 7) is 4.66. The molecule has 2 nitrogen and oxygen atoms in total. The first kappa shape index (κ1) is 14.4. The topological polar surface area (TPSA) is 46.2 Å². The molecule has 2 aromatic rings. The third-order valence-electron chi connectivity index (χ3n) is 2.66. The average molecular weight is 243 g/mol. The second-order valence-corrected chi connectivity index (χ2v) is 3.76. The molecule has 0 saturated heterocycles. The molecule has 0 saturated carbocycles. The van der Waals surface area contributed by atoms with Gasteiger partial charge in [0.2, 0.25) is 0 Å². The van der Waals surface area contributed by atoms with Crippen LogP contribution in [0.5, 0.6) is 0 Å². The lowest BCUT2D eigenvalue weighted by Gasteiger charge is -2.04. The first-order valence-electron chi connectivity index (χ1n) is 6.32. The Hall–Kier alpha value is -1.64. The zero-order valence-electron chi connectivity index (χ0n) is 11.1. The van der Waals surface area contributed by atoms with Gasteiger partial charge >= 0.3 is 0 Å². The van der Waals surface area contributed by atoms with Crippen molar-refractivity contribution >= 4 is 0 Å². The number of aliphatic hydroxyl groups is 1. The predicted octanol–water partition coefficient (Wildman–Crippen LogP) is 3.33. The lowest BCUT2D eigenvalue weighted by molar-refractivity contribution is 0.282. The minimum atomic E-state index is 0.0897. The standard InChI is InChI=1S/C14H15NO.C2H6/c15-9-11-1-5-13(6-2-11)14-7-3-12(10-16)4-8-14;1-2/h1-8,16H,9-10,15H2;1-2H3. The molecule has 0 bridgehead atoms. The minimum absolute atomic E-state index is 0.0897. The third kappa shape index (κ3) is 3.69. The van der Waals surface area contributed by atoms with Crippen molar-refractivity contribution in [2.75, 3.05) is 0 Å². The van der Waals surface area contributed by atoms with E-state index in [0.717, 1.165) is 16.7 Å². The van der Waals surface area contributed by atoms with Gasteiger partial charge in [-0.3, -0.25) is 0 Å². The highest BCUT2D eigenvalue weighted by atomic mass is 16.3. The van der Waals surface area contributed by atoms with Crippen molar-refractivity contribution in [1.82, 2.24) is 0 Å². The highest BCUT2D eigenvalue weighted by Gasteiger charge is 1.97. The maximum Gasteiger partial charge on any atom is 0.0681 e. The molecule has 0 radical (unpaired) electrons. The summed E-state index contributed by atoms with van der Waals surface area (Å²) >= 11 is 0. The van der Waals surface area contributed by atoms with Crippen LogP contribution < -0.4 is 5.73 Å². The Labute approximate surface area is 109 Å². The van der Waals surface area contributed by atoms with Gasteiger partial charge in [-0.15, -0.1) is 0 Å². The van der Waals surface area contributed by atoms with Crippen LogP contribution in [0.1, 0.15) is 25.0 Å². The van der Waals surface area contributed by atoms with Gasteiger partial charge in [-0.1, -0.05) is 62.4 Å². The lowest BCUT2D eigenvalue weighted by Crippen LogP contribution is -1.95. The summed E-state index contributed by atoms with van der Waals surface area (Å²) in [5, 5.41) is 8.95. The van der Waals surface area contributed by atoms with E-state index < -0.39 is 0 Å². The monoisotopic (exact) mass is 243 g/mol. The highest BCUT2D eigenvalue weighted by Crippen LogP contribution is 2.20. The van der Waals surface area contributed by atoms with Crippen molar-refractivity contribution in [3.63, 3.8) is 0 Å². The molecule has 0 unspecified atom stereocenters. The van der Waals surface area contributed by atoms with Crippen molar-refractivity contribution in [2.45, 2.75) is 27.0 Å². The normalized spacial score (nSPS) is 9.56. The van der Waals surface area contributed by atoms with E-state index in [2.05, 4.69) is 12.1 Å². The maximum atomic E-state index is 8.95. The minimum Gasteiger partial charge on any atom is -0.392 e. The van der Waals surface area contributed by atoms with E-state index in [1.165, 1.54) is 5.56 Å². The van der Waals surface area contributed by atoms with Crippen LogP contribution in [0.3, 0.4) is 0 Å². The number of rotatable bonds is 3. The summed E-state index contributed by atoms with van der Waals surface area (Å²) in [5.41, 5.74) is 9.94. The lowest BCUT2D eigenvalue weighted by atomic mass is 10.0. The molecule has 0 aliphatic carbocycles. The Balaban J connectivity index is 0.000000771. The molecule has 0 amide bonds. The Kier molecular flexibility index (Phi) is 6.12. The molecule has 18 heavy (non-hydrogen) atoms. The van der Waals surface area contributed by atoms with E-state index >= 15 is 0 Å². The molecular weight excluding hydrogens is 222 g/mol. The quantitative estimate of drug-likeness (QED) is 0.868. The summed E-state index contributed by atoms with van der Waals surface area (Å²) in [7, 11) is 0. The molecule has 0 aliphatic rings. The predicted molar refractivity (Wildman–Crippen MR) is 77.0 cm³/mol. The smallest absolute Gasteiger partial charge is 0.0681 e. The second-order valence-electron chi connectivity index (χ2n) is 3.76. The van der Waals surface area contributed by atoms with Crippen LogP contribution in [0, 0.1) is 0 Å². The van der Waals surface area contributed by atoms with Gasteiger partial charge in [-0.05, 0) is 22.3 Å². The molecule has 2 heteroatoms. The van der Waals surface area contributed by atoms with Crippen LogP contribution >= 0.6 is 0 Å². The molecule has 0 aliphatic heterocycles. The Morgan fingerprint density at radius 2 is 1.17 bits per heavy atom. The Bertz CT molecular complexity index is 400. The number of aliphatic hydroxyl groups excluding tert-OH is 1. The number of benzene rings is 2. The van der Waals surface area contributed by atoms with Crippen LogP contribution in [-0.2, 0) is 13.2 Å². The van der Waals surface area contributed by atoms with Crippen molar-refractivity contribution in [2.24, 2.45) is 5.73 Å². The molecule has 0 atom stereocenters. The summed E-state index contributed by atoms with van der Waals surface area (Å²) in [6, 6.07) is 16.1. The molecule has 0 heterocycles. The molecule has 3 N–H and O–H groups in total. The fraction of sp³-hybridized carbons (Fsp3) is 0.250. The van der Waals surface area contributed by atoms with E-state index in [4.69, 9.17) is 10.8 Å². The molecule has 2 rings (SSSR count). The zero-order chi connectivity index (χ0) is 13.4. The van der Waals surface area contributed by atoms with Gasteiger partial charge in [-0.2, -0.15) is 0 Å². The van der Waals surface area contributed by atoms with E-state index in [-0.39, 0.29) is 6.61 Å². The fourth-order valence-electron chi connectivity index (χ4n) is 1.64. The fourth-order valence-corrected chi connectivity index (χ4v) is 1.64. The van der Waals surface area contributed by atoms with Gasteiger partial charge < -0.3 is 10.8 Å². The van der Waals surface area contributed by atoms with Gasteiger partial charge in [0.1, 0.15) is 0 Å². The summed E-state index contributed by atoms with van der Waals surface area (Å²) < 4.78 is 0.